The van der Waals surface area contributed by atoms with Crippen LogP contribution in [-0.2, 0) is 0 Å². The highest BCUT2D eigenvalue weighted by molar-refractivity contribution is 7.98. The van der Waals surface area contributed by atoms with E-state index in [0.717, 1.165) is 5.75 Å². The molecule has 0 fully saturated rings. The van der Waals surface area contributed by atoms with Crippen LogP contribution in [0.15, 0.2) is 11.8 Å². The number of thioether (sulfide) groups is 1. The maximum Gasteiger partial charge on any atom is 0.0154 e. The van der Waals surface area contributed by atoms with Gasteiger partial charge in [-0.05, 0) is 25.0 Å². The molecule has 2 heteroatoms. The molecule has 0 aromatic rings. The Kier molecular flexibility index (Phi) is 4.00. The van der Waals surface area contributed by atoms with Crippen LogP contribution in [-0.4, -0.2) is 12.0 Å². The van der Waals surface area contributed by atoms with E-state index in [1.165, 1.54) is 5.57 Å². The molecule has 0 saturated carbocycles. The second-order valence-corrected chi connectivity index (χ2v) is 2.31. The van der Waals surface area contributed by atoms with Crippen molar-refractivity contribution in [3.8, 4) is 0 Å². The van der Waals surface area contributed by atoms with Crippen molar-refractivity contribution in [3.63, 3.8) is 0 Å². The Morgan fingerprint density at radius 2 is 2.43 bits per heavy atom. The molecule has 2 N–H and O–H groups in total. The van der Waals surface area contributed by atoms with E-state index in [0.29, 0.717) is 0 Å². The van der Waals surface area contributed by atoms with Crippen molar-refractivity contribution in [2.45, 2.75) is 6.92 Å². The molecule has 0 aliphatic heterocycles. The van der Waals surface area contributed by atoms with Gasteiger partial charge in [-0.2, -0.15) is 11.8 Å². The topological polar surface area (TPSA) is 26.0 Å². The van der Waals surface area contributed by atoms with Crippen LogP contribution in [0.3, 0.4) is 0 Å². The van der Waals surface area contributed by atoms with E-state index in [-0.39, 0.29) is 0 Å². The minimum Gasteiger partial charge on any atom is -0.405 e. The van der Waals surface area contributed by atoms with Crippen molar-refractivity contribution in [1.29, 1.82) is 0 Å². The molecular formula is C5H11NS. The second-order valence-electron chi connectivity index (χ2n) is 1.45. The Morgan fingerprint density at radius 1 is 1.86 bits per heavy atom. The van der Waals surface area contributed by atoms with Crippen molar-refractivity contribution in [2.75, 3.05) is 12.0 Å². The van der Waals surface area contributed by atoms with Gasteiger partial charge in [0.15, 0.2) is 0 Å². The molecule has 0 unspecified atom stereocenters. The van der Waals surface area contributed by atoms with Gasteiger partial charge in [0.05, 0.1) is 0 Å². The zero-order valence-corrected chi connectivity index (χ0v) is 5.59. The van der Waals surface area contributed by atoms with Gasteiger partial charge in [0, 0.05) is 5.75 Å². The summed E-state index contributed by atoms with van der Waals surface area (Å²) in [5.41, 5.74) is 6.43. The Balaban J connectivity index is 3.17. The Morgan fingerprint density at radius 3 is 2.57 bits per heavy atom. The fraction of sp³-hybridized carbons (Fsp3) is 0.600. The summed E-state index contributed by atoms with van der Waals surface area (Å²) in [6.45, 7) is 2.02. The number of nitrogens with two attached hydrogens (primary N) is 1. The lowest BCUT2D eigenvalue weighted by atomic mass is 10.4. The van der Waals surface area contributed by atoms with E-state index in [2.05, 4.69) is 6.26 Å². The van der Waals surface area contributed by atoms with Crippen molar-refractivity contribution in [3.05, 3.63) is 11.8 Å². The normalized spacial score (nSPS) is 12.0. The number of hydrogen-bond acceptors (Lipinski definition) is 2. The fourth-order valence-corrected chi connectivity index (χ4v) is 0.827. The lowest BCUT2D eigenvalue weighted by Gasteiger charge is -1.90. The molecule has 0 aromatic heterocycles. The molecule has 42 valence electrons. The summed E-state index contributed by atoms with van der Waals surface area (Å²) >= 11 is 1.79. The zero-order valence-electron chi connectivity index (χ0n) is 4.77. The van der Waals surface area contributed by atoms with Crippen molar-refractivity contribution in [1.82, 2.24) is 0 Å². The first-order chi connectivity index (χ1) is 3.31. The van der Waals surface area contributed by atoms with Crippen LogP contribution in [0, 0.1) is 0 Å². The van der Waals surface area contributed by atoms with Gasteiger partial charge in [0.25, 0.3) is 0 Å². The van der Waals surface area contributed by atoms with Crippen LogP contribution < -0.4 is 5.73 Å². The smallest absolute Gasteiger partial charge is 0.0154 e. The third-order valence-corrected chi connectivity index (χ3v) is 1.40. The molecular weight excluding hydrogens is 106 g/mol. The van der Waals surface area contributed by atoms with E-state index in [9.17, 15) is 0 Å². The van der Waals surface area contributed by atoms with E-state index >= 15 is 0 Å². The number of rotatable bonds is 2. The number of hydrogen-bond donors (Lipinski definition) is 1. The van der Waals surface area contributed by atoms with E-state index in [1.54, 1.807) is 18.0 Å². The maximum atomic E-state index is 5.18. The molecule has 0 radical (unpaired) electrons. The highest BCUT2D eigenvalue weighted by Gasteiger charge is 1.80. The third kappa shape index (κ3) is 3.73. The van der Waals surface area contributed by atoms with Gasteiger partial charge in [-0.1, -0.05) is 0 Å². The minimum absolute atomic E-state index is 1.05. The van der Waals surface area contributed by atoms with Gasteiger partial charge in [0.1, 0.15) is 0 Å². The summed E-state index contributed by atoms with van der Waals surface area (Å²) < 4.78 is 0. The monoisotopic (exact) mass is 117 g/mol. The molecule has 1 nitrogen and oxygen atoms in total. The Bertz CT molecular complexity index is 68.5. The van der Waals surface area contributed by atoms with E-state index < -0.39 is 0 Å². The summed E-state index contributed by atoms with van der Waals surface area (Å²) in [6, 6.07) is 0. The molecule has 0 aliphatic carbocycles. The summed E-state index contributed by atoms with van der Waals surface area (Å²) in [5, 5.41) is 0. The first-order valence-corrected chi connectivity index (χ1v) is 3.57. The lowest BCUT2D eigenvalue weighted by molar-refractivity contribution is 1.35. The Labute approximate surface area is 49.0 Å². The third-order valence-electron chi connectivity index (χ3n) is 0.657. The van der Waals surface area contributed by atoms with Gasteiger partial charge in [-0.25, -0.2) is 0 Å². The molecule has 0 atom stereocenters. The SMILES string of the molecule is CSCC(C)=CN. The maximum absolute atomic E-state index is 5.18. The molecule has 0 saturated heterocycles. The molecule has 0 aromatic carbocycles. The molecule has 0 bridgehead atoms. The Hall–Kier alpha value is -0.110. The predicted octanol–water partition coefficient (Wildman–Crippen LogP) is 1.21. The van der Waals surface area contributed by atoms with Gasteiger partial charge < -0.3 is 5.73 Å². The van der Waals surface area contributed by atoms with Gasteiger partial charge in [0.2, 0.25) is 0 Å². The summed E-state index contributed by atoms with van der Waals surface area (Å²) in [6.07, 6.45) is 3.71. The van der Waals surface area contributed by atoms with Crippen LogP contribution in [0.2, 0.25) is 0 Å². The second kappa shape index (κ2) is 4.06. The van der Waals surface area contributed by atoms with Crippen LogP contribution >= 0.6 is 11.8 Å². The van der Waals surface area contributed by atoms with Crippen molar-refractivity contribution < 1.29 is 0 Å². The fourth-order valence-electron chi connectivity index (χ4n) is 0.276. The molecule has 0 spiro atoms. The quantitative estimate of drug-likeness (QED) is 0.588. The molecule has 7 heavy (non-hydrogen) atoms. The van der Waals surface area contributed by atoms with E-state index in [4.69, 9.17) is 5.73 Å². The molecule has 0 amide bonds. The van der Waals surface area contributed by atoms with Gasteiger partial charge >= 0.3 is 0 Å². The minimum atomic E-state index is 1.05. The first-order valence-electron chi connectivity index (χ1n) is 2.17. The molecule has 0 heterocycles. The van der Waals surface area contributed by atoms with Gasteiger partial charge in [-0.3, -0.25) is 0 Å². The summed E-state index contributed by atoms with van der Waals surface area (Å²) in [4.78, 5) is 0. The summed E-state index contributed by atoms with van der Waals surface area (Å²) in [7, 11) is 0. The van der Waals surface area contributed by atoms with Crippen LogP contribution in [0.25, 0.3) is 0 Å². The van der Waals surface area contributed by atoms with Crippen LogP contribution in [0.5, 0.6) is 0 Å². The standard InChI is InChI=1S/C5H11NS/c1-5(3-6)4-7-2/h3H,4,6H2,1-2H3. The average molecular weight is 117 g/mol. The molecule has 0 rings (SSSR count). The van der Waals surface area contributed by atoms with Crippen LogP contribution in [0.1, 0.15) is 6.92 Å². The highest BCUT2D eigenvalue weighted by Crippen LogP contribution is 1.99. The molecule has 0 aliphatic rings. The van der Waals surface area contributed by atoms with Crippen LogP contribution in [0.4, 0.5) is 0 Å². The van der Waals surface area contributed by atoms with Crippen molar-refractivity contribution >= 4 is 11.8 Å². The summed E-state index contributed by atoms with van der Waals surface area (Å²) in [5.74, 6) is 1.05. The van der Waals surface area contributed by atoms with Crippen molar-refractivity contribution in [2.24, 2.45) is 5.73 Å². The average Bonchev–Trinajstić information content (AvgIpc) is 1.68. The first kappa shape index (κ1) is 6.89. The largest absolute Gasteiger partial charge is 0.405 e. The lowest BCUT2D eigenvalue weighted by Crippen LogP contribution is -1.85. The van der Waals surface area contributed by atoms with Gasteiger partial charge in [-0.15, -0.1) is 0 Å². The predicted molar refractivity (Wildman–Crippen MR) is 36.3 cm³/mol. The van der Waals surface area contributed by atoms with E-state index in [1.807, 2.05) is 6.92 Å². The zero-order chi connectivity index (χ0) is 5.70. The highest BCUT2D eigenvalue weighted by atomic mass is 32.2.